The highest BCUT2D eigenvalue weighted by Gasteiger charge is 2.52. The van der Waals surface area contributed by atoms with E-state index in [1.54, 1.807) is 42.5 Å². The molecule has 33 heavy (non-hydrogen) atoms. The molecular formula is C23H19BrN4O4S. The summed E-state index contributed by atoms with van der Waals surface area (Å²) in [5.41, 5.74) is 0.969. The van der Waals surface area contributed by atoms with Gasteiger partial charge in [-0.3, -0.25) is 15.0 Å². The van der Waals surface area contributed by atoms with Gasteiger partial charge in [-0.25, -0.2) is 9.78 Å². The Hall–Kier alpha value is -3.21. The largest absolute Gasteiger partial charge is 0.453 e. The quantitative estimate of drug-likeness (QED) is 0.347. The number of carbonyl (C=O) groups excluding carboxylic acids is 2. The molecule has 2 atom stereocenters. The Balaban J connectivity index is 1.64. The molecule has 2 unspecified atom stereocenters. The summed E-state index contributed by atoms with van der Waals surface area (Å²) in [6.07, 6.45) is -0.648. The molecule has 3 heterocycles. The van der Waals surface area contributed by atoms with Crippen LogP contribution in [0.2, 0.25) is 0 Å². The van der Waals surface area contributed by atoms with Gasteiger partial charge in [0.15, 0.2) is 5.72 Å². The van der Waals surface area contributed by atoms with E-state index in [0.29, 0.717) is 27.7 Å². The van der Waals surface area contributed by atoms with Crippen LogP contribution < -0.4 is 5.32 Å². The third-order valence-corrected chi connectivity index (χ3v) is 7.58. The predicted octanol–water partition coefficient (Wildman–Crippen LogP) is 4.98. The van der Waals surface area contributed by atoms with Gasteiger partial charge in [-0.15, -0.1) is 11.3 Å². The van der Waals surface area contributed by atoms with Crippen LogP contribution in [0.1, 0.15) is 39.3 Å². The maximum Gasteiger partial charge on any atom is 0.413 e. The van der Waals surface area contributed by atoms with Gasteiger partial charge < -0.3 is 14.8 Å². The first-order valence-electron chi connectivity index (χ1n) is 10.1. The van der Waals surface area contributed by atoms with Crippen molar-refractivity contribution < 1.29 is 19.4 Å². The minimum Gasteiger partial charge on any atom is -0.453 e. The zero-order valence-corrected chi connectivity index (χ0v) is 20.0. The number of aliphatic hydroxyl groups is 1. The molecular weight excluding hydrogens is 508 g/mol. The van der Waals surface area contributed by atoms with Gasteiger partial charge in [-0.1, -0.05) is 24.3 Å². The molecule has 0 aliphatic carbocycles. The Bertz CT molecular complexity index is 1400. The molecule has 1 aliphatic rings. The molecule has 1 aliphatic heterocycles. The Morgan fingerprint density at radius 1 is 1.27 bits per heavy atom. The summed E-state index contributed by atoms with van der Waals surface area (Å²) >= 11 is 5.00. The number of benzene rings is 2. The van der Waals surface area contributed by atoms with E-state index in [1.165, 1.54) is 23.3 Å². The van der Waals surface area contributed by atoms with Crippen LogP contribution in [0.3, 0.4) is 0 Å². The molecule has 0 saturated heterocycles. The van der Waals surface area contributed by atoms with E-state index >= 15 is 0 Å². The van der Waals surface area contributed by atoms with Crippen molar-refractivity contribution in [3.63, 3.8) is 0 Å². The van der Waals surface area contributed by atoms with Gasteiger partial charge in [0.25, 0.3) is 5.91 Å². The molecule has 8 nitrogen and oxygen atoms in total. The summed E-state index contributed by atoms with van der Waals surface area (Å²) in [5, 5.41) is 14.7. The van der Waals surface area contributed by atoms with E-state index in [-0.39, 0.29) is 17.9 Å². The van der Waals surface area contributed by atoms with Crippen LogP contribution in [0, 0.1) is 0 Å². The second kappa shape index (κ2) is 7.98. The van der Waals surface area contributed by atoms with Crippen molar-refractivity contribution in [2.45, 2.75) is 18.7 Å². The van der Waals surface area contributed by atoms with Gasteiger partial charge in [0.1, 0.15) is 0 Å². The van der Waals surface area contributed by atoms with Crippen LogP contribution in [-0.4, -0.2) is 39.1 Å². The number of thiophene rings is 1. The number of rotatable bonds is 4. The standard InChI is InChI=1S/C23H19BrN4O4S/c1-12(18-9-10-19(24)33-18)28-20(29)14-5-3-4-6-15(14)23(28,31)13-7-8-16-17(11-13)26-21(25-16)27-22(30)32-2/h3-12,31H,1-2H3,(H2,25,26,27,30). The maximum absolute atomic E-state index is 13.5. The summed E-state index contributed by atoms with van der Waals surface area (Å²) in [5.74, 6) is -0.0274. The minimum atomic E-state index is -1.70. The number of imidazole rings is 1. The third kappa shape index (κ3) is 3.41. The number of amides is 2. The lowest BCUT2D eigenvalue weighted by molar-refractivity contribution is -0.0670. The lowest BCUT2D eigenvalue weighted by Crippen LogP contribution is -2.45. The number of halogens is 1. The number of methoxy groups -OCH3 is 1. The number of fused-ring (bicyclic) bond motifs is 2. The summed E-state index contributed by atoms with van der Waals surface area (Å²) in [4.78, 5) is 34.8. The summed E-state index contributed by atoms with van der Waals surface area (Å²) in [7, 11) is 1.27. The van der Waals surface area contributed by atoms with E-state index < -0.39 is 11.8 Å². The number of nitrogens with zero attached hydrogens (tertiary/aromatic N) is 2. The first-order chi connectivity index (χ1) is 15.8. The van der Waals surface area contributed by atoms with Crippen molar-refractivity contribution in [2.24, 2.45) is 0 Å². The van der Waals surface area contributed by atoms with E-state index in [2.05, 4.69) is 36.0 Å². The molecule has 4 aromatic rings. The normalized spacial score (nSPS) is 18.4. The molecule has 10 heteroatoms. The number of ether oxygens (including phenoxy) is 1. The molecule has 2 amide bonds. The molecule has 0 radical (unpaired) electrons. The number of hydrogen-bond acceptors (Lipinski definition) is 6. The van der Waals surface area contributed by atoms with Gasteiger partial charge in [-0.2, -0.15) is 0 Å². The molecule has 0 bridgehead atoms. The first-order valence-corrected chi connectivity index (χ1v) is 11.7. The van der Waals surface area contributed by atoms with Crippen LogP contribution in [0.25, 0.3) is 11.0 Å². The molecule has 5 rings (SSSR count). The smallest absolute Gasteiger partial charge is 0.413 e. The van der Waals surface area contributed by atoms with Crippen molar-refractivity contribution in [1.29, 1.82) is 0 Å². The number of aromatic amines is 1. The maximum atomic E-state index is 13.5. The Kier molecular flexibility index (Phi) is 5.23. The number of anilines is 1. The highest BCUT2D eigenvalue weighted by Crippen LogP contribution is 2.48. The second-order valence-electron chi connectivity index (χ2n) is 7.64. The summed E-state index contributed by atoms with van der Waals surface area (Å²) < 4.78 is 5.56. The highest BCUT2D eigenvalue weighted by molar-refractivity contribution is 9.11. The summed E-state index contributed by atoms with van der Waals surface area (Å²) in [6.45, 7) is 1.90. The molecule has 0 spiro atoms. The predicted molar refractivity (Wildman–Crippen MR) is 128 cm³/mol. The molecule has 0 saturated carbocycles. The van der Waals surface area contributed by atoms with Crippen LogP contribution in [0.15, 0.2) is 58.4 Å². The van der Waals surface area contributed by atoms with Crippen LogP contribution in [0.4, 0.5) is 10.7 Å². The minimum absolute atomic E-state index is 0.220. The lowest BCUT2D eigenvalue weighted by atomic mass is 9.93. The zero-order chi connectivity index (χ0) is 23.3. The van der Waals surface area contributed by atoms with Crippen molar-refractivity contribution in [3.8, 4) is 0 Å². The highest BCUT2D eigenvalue weighted by atomic mass is 79.9. The van der Waals surface area contributed by atoms with E-state index in [9.17, 15) is 14.7 Å². The number of aromatic nitrogens is 2. The molecule has 0 fully saturated rings. The van der Waals surface area contributed by atoms with Gasteiger partial charge in [-0.05, 0) is 53.2 Å². The van der Waals surface area contributed by atoms with Crippen LogP contribution >= 0.6 is 27.3 Å². The molecule has 2 aromatic carbocycles. The molecule has 3 N–H and O–H groups in total. The van der Waals surface area contributed by atoms with Crippen molar-refractivity contribution in [1.82, 2.24) is 14.9 Å². The van der Waals surface area contributed by atoms with Gasteiger partial charge in [0.2, 0.25) is 5.95 Å². The number of H-pyrrole nitrogens is 1. The average molecular weight is 527 g/mol. The zero-order valence-electron chi connectivity index (χ0n) is 17.6. The fourth-order valence-corrected chi connectivity index (χ4v) is 5.71. The topological polar surface area (TPSA) is 108 Å². The van der Waals surface area contributed by atoms with E-state index in [4.69, 9.17) is 0 Å². The number of carbonyl (C=O) groups is 2. The van der Waals surface area contributed by atoms with E-state index in [1.807, 2.05) is 19.1 Å². The van der Waals surface area contributed by atoms with Crippen LogP contribution in [-0.2, 0) is 10.5 Å². The van der Waals surface area contributed by atoms with Crippen molar-refractivity contribution in [2.75, 3.05) is 12.4 Å². The van der Waals surface area contributed by atoms with Crippen LogP contribution in [0.5, 0.6) is 0 Å². The fraction of sp³-hybridized carbons (Fsp3) is 0.174. The fourth-order valence-electron chi connectivity index (χ4n) is 4.24. The van der Waals surface area contributed by atoms with Gasteiger partial charge in [0, 0.05) is 21.6 Å². The Labute approximate surface area is 201 Å². The Morgan fingerprint density at radius 2 is 2.06 bits per heavy atom. The van der Waals surface area contributed by atoms with Gasteiger partial charge >= 0.3 is 6.09 Å². The van der Waals surface area contributed by atoms with E-state index in [0.717, 1.165) is 8.66 Å². The third-order valence-electron chi connectivity index (χ3n) is 5.78. The summed E-state index contributed by atoms with van der Waals surface area (Å²) in [6, 6.07) is 15.8. The monoisotopic (exact) mass is 526 g/mol. The molecule has 168 valence electrons. The average Bonchev–Trinajstić information content (AvgIpc) is 3.48. The van der Waals surface area contributed by atoms with Crippen molar-refractivity contribution in [3.05, 3.63) is 80.0 Å². The first kappa shape index (κ1) is 21.6. The van der Waals surface area contributed by atoms with Crippen molar-refractivity contribution >= 4 is 56.2 Å². The Morgan fingerprint density at radius 3 is 2.79 bits per heavy atom. The molecule has 2 aromatic heterocycles. The lowest BCUT2D eigenvalue weighted by Gasteiger charge is -2.38. The second-order valence-corrected chi connectivity index (χ2v) is 10.1. The SMILES string of the molecule is COC(=O)Nc1nc2ccc(C3(O)c4ccccc4C(=O)N3C(C)c3ccc(Br)s3)cc2[nH]1. The number of nitrogens with one attached hydrogen (secondary N) is 2. The van der Waals surface area contributed by atoms with Gasteiger partial charge in [0.05, 0.1) is 28.0 Å². The number of hydrogen-bond donors (Lipinski definition) is 3.